The number of hydrogen-bond donors (Lipinski definition) is 0. The van der Waals surface area contributed by atoms with Crippen molar-refractivity contribution in [2.24, 2.45) is 4.99 Å². The molecule has 3 rings (SSSR count). The topological polar surface area (TPSA) is 57.1 Å². The largest absolute Gasteiger partial charge is 0.493 e. The summed E-state index contributed by atoms with van der Waals surface area (Å²) in [6.45, 7) is -1.01. The first-order valence-electron chi connectivity index (χ1n) is 7.68. The molecule has 0 N–H and O–H groups in total. The summed E-state index contributed by atoms with van der Waals surface area (Å²) >= 11 is 0. The highest BCUT2D eigenvalue weighted by atomic mass is 19.3. The van der Waals surface area contributed by atoms with E-state index in [4.69, 9.17) is 9.47 Å². The van der Waals surface area contributed by atoms with Crippen molar-refractivity contribution in [2.75, 3.05) is 7.11 Å². The van der Waals surface area contributed by atoms with Gasteiger partial charge in [0.05, 0.1) is 7.11 Å². The zero-order valence-corrected chi connectivity index (χ0v) is 14.0. The number of aliphatic imine (C=N–C) groups is 1. The molecule has 0 spiro atoms. The highest BCUT2D eigenvalue weighted by Crippen LogP contribution is 2.31. The van der Waals surface area contributed by atoms with Gasteiger partial charge in [-0.05, 0) is 42.8 Å². The first-order chi connectivity index (χ1) is 12.5. The third kappa shape index (κ3) is 3.88. The van der Waals surface area contributed by atoms with Crippen LogP contribution in [-0.4, -0.2) is 25.6 Å². The smallest absolute Gasteiger partial charge is 0.387 e. The molecular formula is C19H15F2NO4. The standard InChI is InChI=1S/C19H15F2NO4/c1-11-3-6-13(7-4-11)17-22-14(18(23)26-17)9-12-5-8-15(25-19(20)21)16(10-12)24-2/h3-10,19H,1-2H3/b14-9-. The summed E-state index contributed by atoms with van der Waals surface area (Å²) in [7, 11) is 1.34. The van der Waals surface area contributed by atoms with Crippen LogP contribution in [0.25, 0.3) is 6.08 Å². The van der Waals surface area contributed by atoms with Crippen molar-refractivity contribution >= 4 is 17.9 Å². The van der Waals surface area contributed by atoms with Crippen molar-refractivity contribution in [1.29, 1.82) is 0 Å². The van der Waals surface area contributed by atoms with Gasteiger partial charge in [-0.25, -0.2) is 9.79 Å². The fourth-order valence-electron chi connectivity index (χ4n) is 2.35. The summed E-state index contributed by atoms with van der Waals surface area (Å²) < 4.78 is 39.4. The third-order valence-corrected chi connectivity index (χ3v) is 3.63. The van der Waals surface area contributed by atoms with Crippen LogP contribution in [0.1, 0.15) is 16.7 Å². The van der Waals surface area contributed by atoms with Crippen LogP contribution in [0.5, 0.6) is 11.5 Å². The van der Waals surface area contributed by atoms with Gasteiger partial charge in [-0.15, -0.1) is 0 Å². The quantitative estimate of drug-likeness (QED) is 0.599. The fraction of sp³-hybridized carbons (Fsp3) is 0.158. The highest BCUT2D eigenvalue weighted by molar-refractivity contribution is 6.12. The summed E-state index contributed by atoms with van der Waals surface area (Å²) in [6, 6.07) is 11.7. The summed E-state index contributed by atoms with van der Waals surface area (Å²) in [6.07, 6.45) is 1.48. The van der Waals surface area contributed by atoms with Gasteiger partial charge >= 0.3 is 12.6 Å². The highest BCUT2D eigenvalue weighted by Gasteiger charge is 2.24. The Balaban J connectivity index is 1.89. The molecule has 26 heavy (non-hydrogen) atoms. The molecule has 0 atom stereocenters. The number of methoxy groups -OCH3 is 1. The average molecular weight is 359 g/mol. The maximum Gasteiger partial charge on any atom is 0.387 e. The Bertz CT molecular complexity index is 889. The van der Waals surface area contributed by atoms with Crippen LogP contribution in [0, 0.1) is 6.92 Å². The van der Waals surface area contributed by atoms with Crippen molar-refractivity contribution in [1.82, 2.24) is 0 Å². The van der Waals surface area contributed by atoms with E-state index < -0.39 is 12.6 Å². The Morgan fingerprint density at radius 3 is 2.50 bits per heavy atom. The van der Waals surface area contributed by atoms with Crippen molar-refractivity contribution in [2.45, 2.75) is 13.5 Å². The Labute approximate surface area is 148 Å². The lowest BCUT2D eigenvalue weighted by molar-refractivity contribution is -0.129. The zero-order valence-electron chi connectivity index (χ0n) is 14.0. The second-order valence-corrected chi connectivity index (χ2v) is 5.49. The number of carbonyl (C=O) groups is 1. The van der Waals surface area contributed by atoms with Crippen molar-refractivity contribution in [3.8, 4) is 11.5 Å². The number of cyclic esters (lactones) is 1. The Hall–Kier alpha value is -3.22. The molecular weight excluding hydrogens is 344 g/mol. The van der Waals surface area contributed by atoms with Gasteiger partial charge in [0.15, 0.2) is 17.2 Å². The number of halogens is 2. The van der Waals surface area contributed by atoms with E-state index in [2.05, 4.69) is 9.73 Å². The minimum absolute atomic E-state index is 0.0949. The molecule has 0 fully saturated rings. The van der Waals surface area contributed by atoms with Gasteiger partial charge in [0.25, 0.3) is 0 Å². The van der Waals surface area contributed by atoms with E-state index in [1.165, 1.54) is 31.4 Å². The maximum atomic E-state index is 12.4. The number of carbonyl (C=O) groups excluding carboxylic acids is 1. The molecule has 134 valence electrons. The summed E-state index contributed by atoms with van der Waals surface area (Å²) in [4.78, 5) is 16.2. The average Bonchev–Trinajstić information content (AvgIpc) is 2.97. The molecule has 0 radical (unpaired) electrons. The molecule has 1 aliphatic heterocycles. The number of esters is 1. The van der Waals surface area contributed by atoms with E-state index in [1.807, 2.05) is 31.2 Å². The lowest BCUT2D eigenvalue weighted by Gasteiger charge is -2.10. The molecule has 2 aromatic rings. The van der Waals surface area contributed by atoms with Crippen LogP contribution < -0.4 is 9.47 Å². The monoisotopic (exact) mass is 359 g/mol. The molecule has 0 bridgehead atoms. The normalized spacial score (nSPS) is 15.2. The number of ether oxygens (including phenoxy) is 3. The Morgan fingerprint density at radius 2 is 1.85 bits per heavy atom. The Morgan fingerprint density at radius 1 is 1.12 bits per heavy atom. The number of rotatable bonds is 5. The first kappa shape index (κ1) is 17.6. The fourth-order valence-corrected chi connectivity index (χ4v) is 2.35. The van der Waals surface area contributed by atoms with Crippen molar-refractivity contribution < 1.29 is 27.8 Å². The van der Waals surface area contributed by atoms with Crippen molar-refractivity contribution in [3.63, 3.8) is 0 Å². The first-order valence-corrected chi connectivity index (χ1v) is 7.68. The van der Waals surface area contributed by atoms with Gasteiger partial charge < -0.3 is 14.2 Å². The van der Waals surface area contributed by atoms with Gasteiger partial charge in [-0.2, -0.15) is 8.78 Å². The molecule has 1 heterocycles. The number of benzene rings is 2. The van der Waals surface area contributed by atoms with Gasteiger partial charge in [0.2, 0.25) is 5.90 Å². The molecule has 0 saturated heterocycles. The molecule has 0 saturated carbocycles. The van der Waals surface area contributed by atoms with Crippen LogP contribution >= 0.6 is 0 Å². The SMILES string of the molecule is COc1cc(/C=C2\N=C(c3ccc(C)cc3)OC2=O)ccc1OC(F)F. The van der Waals surface area contributed by atoms with E-state index in [9.17, 15) is 13.6 Å². The summed E-state index contributed by atoms with van der Waals surface area (Å²) in [5.41, 5.74) is 2.40. The molecule has 0 unspecified atom stereocenters. The minimum Gasteiger partial charge on any atom is -0.493 e. The summed E-state index contributed by atoms with van der Waals surface area (Å²) in [5, 5.41) is 0. The molecule has 5 nitrogen and oxygen atoms in total. The lowest BCUT2D eigenvalue weighted by atomic mass is 10.1. The predicted octanol–water partition coefficient (Wildman–Crippen LogP) is 3.95. The molecule has 0 amide bonds. The van der Waals surface area contributed by atoms with E-state index in [0.717, 1.165) is 5.56 Å². The van der Waals surface area contributed by atoms with Gasteiger partial charge in [-0.1, -0.05) is 23.8 Å². The molecule has 0 aliphatic carbocycles. The third-order valence-electron chi connectivity index (χ3n) is 3.63. The van der Waals surface area contributed by atoms with E-state index >= 15 is 0 Å². The maximum absolute atomic E-state index is 12.4. The molecule has 0 aromatic heterocycles. The zero-order chi connectivity index (χ0) is 18.7. The van der Waals surface area contributed by atoms with E-state index in [0.29, 0.717) is 11.1 Å². The molecule has 1 aliphatic rings. The molecule has 2 aromatic carbocycles. The number of hydrogen-bond acceptors (Lipinski definition) is 5. The Kier molecular flexibility index (Phi) is 4.97. The van der Waals surface area contributed by atoms with Crippen LogP contribution in [0.2, 0.25) is 0 Å². The van der Waals surface area contributed by atoms with Crippen LogP contribution in [0.15, 0.2) is 53.2 Å². The number of alkyl halides is 2. The number of aryl methyl sites for hydroxylation is 1. The van der Waals surface area contributed by atoms with Crippen molar-refractivity contribution in [3.05, 3.63) is 64.9 Å². The van der Waals surface area contributed by atoms with Gasteiger partial charge in [-0.3, -0.25) is 0 Å². The lowest BCUT2D eigenvalue weighted by Crippen LogP contribution is -2.05. The minimum atomic E-state index is -2.96. The van der Waals surface area contributed by atoms with E-state index in [-0.39, 0.29) is 23.1 Å². The van der Waals surface area contributed by atoms with Crippen LogP contribution in [0.4, 0.5) is 8.78 Å². The van der Waals surface area contributed by atoms with Gasteiger partial charge in [0.1, 0.15) is 0 Å². The second-order valence-electron chi connectivity index (χ2n) is 5.49. The van der Waals surface area contributed by atoms with Gasteiger partial charge in [0, 0.05) is 5.56 Å². The summed E-state index contributed by atoms with van der Waals surface area (Å²) in [5.74, 6) is -0.352. The van der Waals surface area contributed by atoms with Crippen LogP contribution in [-0.2, 0) is 9.53 Å². The molecule has 7 heteroatoms. The van der Waals surface area contributed by atoms with E-state index in [1.54, 1.807) is 0 Å². The predicted molar refractivity (Wildman–Crippen MR) is 91.4 cm³/mol. The second kappa shape index (κ2) is 7.35. The van der Waals surface area contributed by atoms with Crippen LogP contribution in [0.3, 0.4) is 0 Å². The number of nitrogens with zero attached hydrogens (tertiary/aromatic N) is 1.